The van der Waals surface area contributed by atoms with Gasteiger partial charge in [0.15, 0.2) is 0 Å². The molecule has 6 heteroatoms. The maximum absolute atomic E-state index is 12.3. The minimum atomic E-state index is -0.293. The number of aromatic nitrogens is 2. The van der Waals surface area contributed by atoms with Gasteiger partial charge in [-0.25, -0.2) is 9.97 Å². The number of halogens is 1. The second-order valence-corrected chi connectivity index (χ2v) is 7.65. The molecule has 0 fully saturated rings. The largest absolute Gasteiger partial charge is 0.324 e. The van der Waals surface area contributed by atoms with E-state index in [1.54, 1.807) is 24.3 Å². The first-order chi connectivity index (χ1) is 12.8. The van der Waals surface area contributed by atoms with Crippen molar-refractivity contribution in [2.24, 2.45) is 0 Å². The molecule has 0 spiro atoms. The van der Waals surface area contributed by atoms with Gasteiger partial charge < -0.3 is 10.6 Å². The van der Waals surface area contributed by atoms with Gasteiger partial charge >= 0.3 is 0 Å². The molecule has 0 aliphatic rings. The Morgan fingerprint density at radius 2 is 1.63 bits per heavy atom. The van der Waals surface area contributed by atoms with Gasteiger partial charge in [-0.2, -0.15) is 0 Å². The van der Waals surface area contributed by atoms with Gasteiger partial charge in [-0.05, 0) is 41.3 Å². The Morgan fingerprint density at radius 1 is 0.963 bits per heavy atom. The molecule has 0 saturated carbocycles. The summed E-state index contributed by atoms with van der Waals surface area (Å²) in [7, 11) is 0. The Kier molecular flexibility index (Phi) is 5.42. The van der Waals surface area contributed by atoms with Gasteiger partial charge in [-0.15, -0.1) is 0 Å². The number of amides is 1. The highest BCUT2D eigenvalue weighted by atomic mass is 35.5. The standard InChI is InChI=1S/C21H21ClN4O/c1-21(2,3)15-7-9-17(10-8-15)26-20-23-12-14(13-24-20)19(27)25-18-6-4-5-16(22)11-18/h4-13H,1-3H3,(H,25,27)(H,23,24,26). The quantitative estimate of drug-likeness (QED) is 0.633. The van der Waals surface area contributed by atoms with E-state index in [-0.39, 0.29) is 11.3 Å². The zero-order valence-electron chi connectivity index (χ0n) is 15.5. The Bertz CT molecular complexity index is 932. The van der Waals surface area contributed by atoms with E-state index < -0.39 is 0 Å². The summed E-state index contributed by atoms with van der Waals surface area (Å²) in [4.78, 5) is 20.7. The second kappa shape index (κ2) is 7.76. The number of hydrogen-bond acceptors (Lipinski definition) is 4. The lowest BCUT2D eigenvalue weighted by Crippen LogP contribution is -2.13. The van der Waals surface area contributed by atoms with E-state index in [0.29, 0.717) is 22.2 Å². The summed E-state index contributed by atoms with van der Waals surface area (Å²) in [6.45, 7) is 6.52. The molecule has 0 atom stereocenters. The van der Waals surface area contributed by atoms with Crippen molar-refractivity contribution in [3.05, 3.63) is 77.1 Å². The van der Waals surface area contributed by atoms with Crippen molar-refractivity contribution in [2.75, 3.05) is 10.6 Å². The maximum atomic E-state index is 12.3. The molecule has 27 heavy (non-hydrogen) atoms. The van der Waals surface area contributed by atoms with Crippen LogP contribution in [0.3, 0.4) is 0 Å². The van der Waals surface area contributed by atoms with Gasteiger partial charge in [-0.1, -0.05) is 50.6 Å². The van der Waals surface area contributed by atoms with Gasteiger partial charge in [-0.3, -0.25) is 4.79 Å². The van der Waals surface area contributed by atoms with Crippen LogP contribution in [0.5, 0.6) is 0 Å². The topological polar surface area (TPSA) is 66.9 Å². The third-order valence-corrected chi connectivity index (χ3v) is 4.24. The van der Waals surface area contributed by atoms with Crippen molar-refractivity contribution in [1.29, 1.82) is 0 Å². The van der Waals surface area contributed by atoms with Gasteiger partial charge in [0.25, 0.3) is 5.91 Å². The molecule has 0 radical (unpaired) electrons. The van der Waals surface area contributed by atoms with E-state index in [4.69, 9.17) is 11.6 Å². The molecular weight excluding hydrogens is 360 g/mol. The van der Waals surface area contributed by atoms with Gasteiger partial charge in [0, 0.05) is 28.8 Å². The van der Waals surface area contributed by atoms with Crippen molar-refractivity contribution in [2.45, 2.75) is 26.2 Å². The fraction of sp³-hybridized carbons (Fsp3) is 0.190. The summed E-state index contributed by atoms with van der Waals surface area (Å²) in [5.41, 5.74) is 3.23. The first kappa shape index (κ1) is 18.9. The molecule has 1 aromatic heterocycles. The molecular formula is C21H21ClN4O. The van der Waals surface area contributed by atoms with Crippen LogP contribution < -0.4 is 10.6 Å². The monoisotopic (exact) mass is 380 g/mol. The molecule has 1 heterocycles. The lowest BCUT2D eigenvalue weighted by Gasteiger charge is -2.19. The number of nitrogens with zero attached hydrogens (tertiary/aromatic N) is 2. The van der Waals surface area contributed by atoms with E-state index in [0.717, 1.165) is 5.69 Å². The van der Waals surface area contributed by atoms with Crippen molar-refractivity contribution in [1.82, 2.24) is 9.97 Å². The molecule has 5 nitrogen and oxygen atoms in total. The van der Waals surface area contributed by atoms with Crippen LogP contribution in [-0.4, -0.2) is 15.9 Å². The summed E-state index contributed by atoms with van der Waals surface area (Å²) in [5, 5.41) is 6.46. The molecule has 1 amide bonds. The predicted molar refractivity (Wildman–Crippen MR) is 110 cm³/mol. The van der Waals surface area contributed by atoms with Crippen LogP contribution in [0.1, 0.15) is 36.7 Å². The summed E-state index contributed by atoms with van der Waals surface area (Å²) < 4.78 is 0. The first-order valence-corrected chi connectivity index (χ1v) is 8.95. The first-order valence-electron chi connectivity index (χ1n) is 8.58. The normalized spacial score (nSPS) is 11.1. The molecule has 3 aromatic rings. The fourth-order valence-electron chi connectivity index (χ4n) is 2.46. The van der Waals surface area contributed by atoms with E-state index in [1.165, 1.54) is 18.0 Å². The molecule has 2 N–H and O–H groups in total. The highest BCUT2D eigenvalue weighted by Gasteiger charge is 2.13. The second-order valence-electron chi connectivity index (χ2n) is 7.21. The number of carbonyl (C=O) groups excluding carboxylic acids is 1. The summed E-state index contributed by atoms with van der Waals surface area (Å²) in [5.74, 6) is 0.135. The summed E-state index contributed by atoms with van der Waals surface area (Å²) in [6, 6.07) is 15.1. The Morgan fingerprint density at radius 3 is 2.22 bits per heavy atom. The van der Waals surface area contributed by atoms with Crippen LogP contribution in [0.4, 0.5) is 17.3 Å². The minimum Gasteiger partial charge on any atom is -0.324 e. The number of carbonyl (C=O) groups is 1. The Labute approximate surface area is 163 Å². The van der Waals surface area contributed by atoms with Crippen molar-refractivity contribution < 1.29 is 4.79 Å². The molecule has 138 valence electrons. The number of anilines is 3. The summed E-state index contributed by atoms with van der Waals surface area (Å²) >= 11 is 5.92. The predicted octanol–water partition coefficient (Wildman–Crippen LogP) is 5.42. The number of hydrogen-bond donors (Lipinski definition) is 2. The average molecular weight is 381 g/mol. The molecule has 2 aromatic carbocycles. The van der Waals surface area contributed by atoms with Crippen LogP contribution in [0.15, 0.2) is 60.9 Å². The zero-order valence-corrected chi connectivity index (χ0v) is 16.2. The van der Waals surface area contributed by atoms with Gasteiger partial charge in [0.2, 0.25) is 5.95 Å². The number of benzene rings is 2. The zero-order chi connectivity index (χ0) is 19.4. The molecule has 0 aliphatic carbocycles. The van der Waals surface area contributed by atoms with Crippen LogP contribution in [0.25, 0.3) is 0 Å². The molecule has 0 saturated heterocycles. The number of rotatable bonds is 4. The van der Waals surface area contributed by atoms with Crippen LogP contribution in [0.2, 0.25) is 5.02 Å². The number of nitrogens with one attached hydrogen (secondary N) is 2. The van der Waals surface area contributed by atoms with Crippen molar-refractivity contribution >= 4 is 34.8 Å². The maximum Gasteiger partial charge on any atom is 0.258 e. The van der Waals surface area contributed by atoms with E-state index in [1.807, 2.05) is 12.1 Å². The van der Waals surface area contributed by atoms with Crippen LogP contribution in [-0.2, 0) is 5.41 Å². The molecule has 0 bridgehead atoms. The van der Waals surface area contributed by atoms with E-state index in [9.17, 15) is 4.79 Å². The third kappa shape index (κ3) is 5.05. The Balaban J connectivity index is 1.65. The third-order valence-electron chi connectivity index (χ3n) is 4.00. The summed E-state index contributed by atoms with van der Waals surface area (Å²) in [6.07, 6.45) is 2.97. The minimum absolute atomic E-state index is 0.104. The van der Waals surface area contributed by atoms with E-state index in [2.05, 4.69) is 53.5 Å². The molecule has 0 aliphatic heterocycles. The smallest absolute Gasteiger partial charge is 0.258 e. The lowest BCUT2D eigenvalue weighted by molar-refractivity contribution is 0.102. The highest BCUT2D eigenvalue weighted by Crippen LogP contribution is 2.24. The Hall–Kier alpha value is -2.92. The molecule has 0 unspecified atom stereocenters. The van der Waals surface area contributed by atoms with Crippen molar-refractivity contribution in [3.63, 3.8) is 0 Å². The van der Waals surface area contributed by atoms with Crippen molar-refractivity contribution in [3.8, 4) is 0 Å². The lowest BCUT2D eigenvalue weighted by atomic mass is 9.87. The molecule has 3 rings (SSSR count). The average Bonchev–Trinajstić information content (AvgIpc) is 2.62. The SMILES string of the molecule is CC(C)(C)c1ccc(Nc2ncc(C(=O)Nc3cccc(Cl)c3)cn2)cc1. The van der Waals surface area contributed by atoms with Crippen LogP contribution >= 0.6 is 11.6 Å². The van der Waals surface area contributed by atoms with E-state index >= 15 is 0 Å². The fourth-order valence-corrected chi connectivity index (χ4v) is 2.65. The highest BCUT2D eigenvalue weighted by molar-refractivity contribution is 6.30. The van der Waals surface area contributed by atoms with Crippen LogP contribution in [0, 0.1) is 0 Å². The van der Waals surface area contributed by atoms with Gasteiger partial charge in [0.05, 0.1) is 5.56 Å². The van der Waals surface area contributed by atoms with Gasteiger partial charge in [0.1, 0.15) is 0 Å².